The molecule has 1 atom stereocenters. The summed E-state index contributed by atoms with van der Waals surface area (Å²) < 4.78 is 3.12. The van der Waals surface area contributed by atoms with Gasteiger partial charge in [-0.2, -0.15) is 5.10 Å². The zero-order valence-electron chi connectivity index (χ0n) is 15.4. The first-order valence-corrected chi connectivity index (χ1v) is 10.3. The number of nitrogens with zero attached hydrogens (tertiary/aromatic N) is 4. The first-order valence-electron chi connectivity index (χ1n) is 9.41. The summed E-state index contributed by atoms with van der Waals surface area (Å²) in [5, 5.41) is 4.26. The Morgan fingerprint density at radius 1 is 1.11 bits per heavy atom. The highest BCUT2D eigenvalue weighted by molar-refractivity contribution is 7.16. The molecule has 1 fully saturated rings. The van der Waals surface area contributed by atoms with E-state index < -0.39 is 0 Å². The number of rotatable bonds is 4. The second-order valence-corrected chi connectivity index (χ2v) is 8.19. The van der Waals surface area contributed by atoms with Crippen LogP contribution in [0.25, 0.3) is 21.3 Å². The van der Waals surface area contributed by atoms with Crippen LogP contribution in [0.1, 0.15) is 30.0 Å². The van der Waals surface area contributed by atoms with Gasteiger partial charge in [-0.3, -0.25) is 9.58 Å². The Hall–Kier alpha value is -2.50. The number of aryl methyl sites for hydroxylation is 1. The van der Waals surface area contributed by atoms with Crippen molar-refractivity contribution in [1.82, 2.24) is 19.7 Å². The molecule has 1 aliphatic heterocycles. The lowest BCUT2D eigenvalue weighted by atomic mass is 10.0. The van der Waals surface area contributed by atoms with Crippen LogP contribution in [0.5, 0.6) is 0 Å². The van der Waals surface area contributed by atoms with Crippen molar-refractivity contribution in [2.45, 2.75) is 25.4 Å². The van der Waals surface area contributed by atoms with Crippen molar-refractivity contribution in [3.05, 3.63) is 71.5 Å². The summed E-state index contributed by atoms with van der Waals surface area (Å²) in [5.41, 5.74) is 8.22. The number of fused-ring (bicyclic) bond motifs is 1. The van der Waals surface area contributed by atoms with Gasteiger partial charge >= 0.3 is 0 Å². The molecule has 0 amide bonds. The van der Waals surface area contributed by atoms with E-state index in [0.29, 0.717) is 6.04 Å². The van der Waals surface area contributed by atoms with Crippen molar-refractivity contribution in [3.63, 3.8) is 0 Å². The summed E-state index contributed by atoms with van der Waals surface area (Å²) in [5.74, 6) is 0. The van der Waals surface area contributed by atoms with Crippen LogP contribution in [0.4, 0.5) is 0 Å². The van der Waals surface area contributed by atoms with E-state index >= 15 is 0 Å². The zero-order valence-corrected chi connectivity index (χ0v) is 16.2. The SMILES string of the molecule is Cn1cc(-c2ccc(CN3CCC[C@@H]3c3ccc4scnc4c3)cc2)cn1. The Morgan fingerprint density at radius 3 is 2.81 bits per heavy atom. The summed E-state index contributed by atoms with van der Waals surface area (Å²) in [4.78, 5) is 7.10. The van der Waals surface area contributed by atoms with Crippen LogP contribution in [0.15, 0.2) is 60.4 Å². The molecule has 0 spiro atoms. The maximum absolute atomic E-state index is 4.49. The third-order valence-corrected chi connectivity index (χ3v) is 6.29. The van der Waals surface area contributed by atoms with E-state index in [1.165, 1.54) is 39.8 Å². The van der Waals surface area contributed by atoms with E-state index in [2.05, 4.69) is 63.6 Å². The Morgan fingerprint density at radius 2 is 2.00 bits per heavy atom. The lowest BCUT2D eigenvalue weighted by Crippen LogP contribution is -2.22. The highest BCUT2D eigenvalue weighted by atomic mass is 32.1. The first kappa shape index (κ1) is 16.7. The summed E-state index contributed by atoms with van der Waals surface area (Å²) in [6, 6.07) is 16.2. The second-order valence-electron chi connectivity index (χ2n) is 7.31. The fourth-order valence-corrected chi connectivity index (χ4v) is 4.74. The molecular formula is C22H22N4S. The van der Waals surface area contributed by atoms with Gasteiger partial charge in [0.25, 0.3) is 0 Å². The average molecular weight is 375 g/mol. The molecule has 136 valence electrons. The topological polar surface area (TPSA) is 34.0 Å². The Kier molecular flexibility index (Phi) is 4.26. The largest absolute Gasteiger partial charge is 0.292 e. The molecule has 4 aromatic rings. The fraction of sp³-hybridized carbons (Fsp3) is 0.273. The molecule has 5 rings (SSSR count). The third-order valence-electron chi connectivity index (χ3n) is 5.48. The Labute approximate surface area is 163 Å². The van der Waals surface area contributed by atoms with E-state index in [1.54, 1.807) is 11.3 Å². The van der Waals surface area contributed by atoms with Crippen LogP contribution < -0.4 is 0 Å². The second kappa shape index (κ2) is 6.91. The quantitative estimate of drug-likeness (QED) is 0.502. The minimum absolute atomic E-state index is 0.495. The first-order chi connectivity index (χ1) is 13.3. The molecule has 0 bridgehead atoms. The van der Waals surface area contributed by atoms with Crippen molar-refractivity contribution >= 4 is 21.6 Å². The number of hydrogen-bond donors (Lipinski definition) is 0. The summed E-state index contributed by atoms with van der Waals surface area (Å²) in [7, 11) is 1.95. The van der Waals surface area contributed by atoms with Gasteiger partial charge in [-0.25, -0.2) is 4.98 Å². The molecule has 0 N–H and O–H groups in total. The number of hydrogen-bond acceptors (Lipinski definition) is 4. The lowest BCUT2D eigenvalue weighted by Gasteiger charge is -2.25. The van der Waals surface area contributed by atoms with Gasteiger partial charge in [-0.1, -0.05) is 30.3 Å². The summed E-state index contributed by atoms with van der Waals surface area (Å²) >= 11 is 1.71. The van der Waals surface area contributed by atoms with E-state index in [0.717, 1.165) is 18.6 Å². The van der Waals surface area contributed by atoms with Crippen molar-refractivity contribution < 1.29 is 0 Å². The normalized spacial score (nSPS) is 17.7. The number of thiazole rings is 1. The van der Waals surface area contributed by atoms with Gasteiger partial charge in [-0.15, -0.1) is 11.3 Å². The van der Waals surface area contributed by atoms with Gasteiger partial charge < -0.3 is 0 Å². The molecule has 0 radical (unpaired) electrons. The van der Waals surface area contributed by atoms with Crippen LogP contribution in [0.2, 0.25) is 0 Å². The van der Waals surface area contributed by atoms with Crippen LogP contribution in [0, 0.1) is 0 Å². The lowest BCUT2D eigenvalue weighted by molar-refractivity contribution is 0.248. The predicted octanol–water partition coefficient (Wildman–Crippen LogP) is 5.03. The van der Waals surface area contributed by atoms with Crippen LogP contribution >= 0.6 is 11.3 Å². The van der Waals surface area contributed by atoms with E-state index in [4.69, 9.17) is 0 Å². The molecule has 0 aliphatic carbocycles. The molecule has 5 heteroatoms. The molecule has 2 aromatic carbocycles. The van der Waals surface area contributed by atoms with E-state index in [-0.39, 0.29) is 0 Å². The van der Waals surface area contributed by atoms with Crippen molar-refractivity contribution in [2.24, 2.45) is 7.05 Å². The molecule has 0 saturated carbocycles. The molecule has 4 nitrogen and oxygen atoms in total. The van der Waals surface area contributed by atoms with E-state index in [1.807, 2.05) is 23.4 Å². The van der Waals surface area contributed by atoms with Crippen LogP contribution in [-0.4, -0.2) is 26.2 Å². The van der Waals surface area contributed by atoms with E-state index in [9.17, 15) is 0 Å². The smallest absolute Gasteiger partial charge is 0.0815 e. The predicted molar refractivity (Wildman–Crippen MR) is 111 cm³/mol. The highest BCUT2D eigenvalue weighted by Gasteiger charge is 2.26. The minimum Gasteiger partial charge on any atom is -0.292 e. The van der Waals surface area contributed by atoms with Gasteiger partial charge in [0.05, 0.1) is 21.9 Å². The van der Waals surface area contributed by atoms with Gasteiger partial charge in [0.15, 0.2) is 0 Å². The fourth-order valence-electron chi connectivity index (χ4n) is 4.08. The minimum atomic E-state index is 0.495. The third kappa shape index (κ3) is 3.29. The number of aromatic nitrogens is 3. The van der Waals surface area contributed by atoms with Gasteiger partial charge in [0.2, 0.25) is 0 Å². The molecule has 27 heavy (non-hydrogen) atoms. The maximum atomic E-state index is 4.49. The molecule has 0 unspecified atom stereocenters. The maximum Gasteiger partial charge on any atom is 0.0815 e. The molecule has 1 aliphatic rings. The molecule has 2 aromatic heterocycles. The van der Waals surface area contributed by atoms with Crippen LogP contribution in [0.3, 0.4) is 0 Å². The zero-order chi connectivity index (χ0) is 18.2. The monoisotopic (exact) mass is 374 g/mol. The van der Waals surface area contributed by atoms with Gasteiger partial charge in [-0.05, 0) is 48.2 Å². The standard InChI is InChI=1S/C22H22N4S/c1-25-14-19(12-24-25)17-6-4-16(5-7-17)13-26-10-2-3-21(26)18-8-9-22-20(11-18)23-15-27-22/h4-9,11-12,14-15,21H,2-3,10,13H2,1H3/t21-/m1/s1. The molecular weight excluding hydrogens is 352 g/mol. The van der Waals surface area contributed by atoms with Crippen molar-refractivity contribution in [3.8, 4) is 11.1 Å². The highest BCUT2D eigenvalue weighted by Crippen LogP contribution is 2.35. The molecule has 3 heterocycles. The van der Waals surface area contributed by atoms with Crippen LogP contribution in [-0.2, 0) is 13.6 Å². The van der Waals surface area contributed by atoms with Crippen molar-refractivity contribution in [1.29, 1.82) is 0 Å². The number of benzene rings is 2. The van der Waals surface area contributed by atoms with Crippen molar-refractivity contribution in [2.75, 3.05) is 6.54 Å². The summed E-state index contributed by atoms with van der Waals surface area (Å²) in [6.07, 6.45) is 6.46. The Balaban J connectivity index is 1.34. The average Bonchev–Trinajstić information content (AvgIpc) is 3.42. The molecule has 1 saturated heterocycles. The summed E-state index contributed by atoms with van der Waals surface area (Å²) in [6.45, 7) is 2.15. The van der Waals surface area contributed by atoms with Gasteiger partial charge in [0.1, 0.15) is 0 Å². The Bertz CT molecular complexity index is 1060. The van der Waals surface area contributed by atoms with Gasteiger partial charge in [0, 0.05) is 31.4 Å². The number of likely N-dealkylation sites (tertiary alicyclic amines) is 1.